The number of benzene rings is 2. The Morgan fingerprint density at radius 1 is 1.07 bits per heavy atom. The van der Waals surface area contributed by atoms with Gasteiger partial charge in [-0.1, -0.05) is 30.3 Å². The monoisotopic (exact) mass is 411 g/mol. The van der Waals surface area contributed by atoms with Gasteiger partial charge in [0.1, 0.15) is 6.61 Å². The lowest BCUT2D eigenvalue weighted by Crippen LogP contribution is -2.55. The molecule has 2 heterocycles. The SMILES string of the molecule is COc1ccc(C(=O)C2CC3CCCC(C2)N3C(=O)OCc2ccccc2)cc1F. The average molecular weight is 411 g/mol. The van der Waals surface area contributed by atoms with E-state index in [0.29, 0.717) is 18.4 Å². The molecule has 2 fully saturated rings. The average Bonchev–Trinajstić information content (AvgIpc) is 2.76. The van der Waals surface area contributed by atoms with Crippen molar-refractivity contribution in [1.82, 2.24) is 4.90 Å². The fourth-order valence-electron chi connectivity index (χ4n) is 4.74. The quantitative estimate of drug-likeness (QED) is 0.651. The van der Waals surface area contributed by atoms with Gasteiger partial charge >= 0.3 is 6.09 Å². The van der Waals surface area contributed by atoms with Crippen LogP contribution in [0.5, 0.6) is 5.75 Å². The molecule has 1 amide bonds. The second-order valence-electron chi connectivity index (χ2n) is 8.07. The number of nitrogens with zero attached hydrogens (tertiary/aromatic N) is 1. The Balaban J connectivity index is 1.43. The number of piperidine rings is 2. The first-order valence-corrected chi connectivity index (χ1v) is 10.4. The van der Waals surface area contributed by atoms with E-state index in [4.69, 9.17) is 9.47 Å². The molecule has 30 heavy (non-hydrogen) atoms. The van der Waals surface area contributed by atoms with Gasteiger partial charge in [-0.2, -0.15) is 0 Å². The predicted molar refractivity (Wildman–Crippen MR) is 110 cm³/mol. The molecule has 2 aliphatic heterocycles. The van der Waals surface area contributed by atoms with Crippen LogP contribution in [0.15, 0.2) is 48.5 Å². The van der Waals surface area contributed by atoms with Crippen molar-refractivity contribution < 1.29 is 23.5 Å². The molecule has 5 nitrogen and oxygen atoms in total. The molecule has 0 aromatic heterocycles. The minimum absolute atomic E-state index is 0.0159. The number of halogens is 1. The highest BCUT2D eigenvalue weighted by Gasteiger charge is 2.43. The Kier molecular flexibility index (Phi) is 6.02. The van der Waals surface area contributed by atoms with Crippen LogP contribution in [-0.2, 0) is 11.3 Å². The molecule has 2 saturated heterocycles. The van der Waals surface area contributed by atoms with Crippen LogP contribution in [0.3, 0.4) is 0 Å². The summed E-state index contributed by atoms with van der Waals surface area (Å²) in [5.41, 5.74) is 1.30. The molecular weight excluding hydrogens is 385 g/mol. The summed E-state index contributed by atoms with van der Waals surface area (Å²) in [6.07, 6.45) is 3.62. The summed E-state index contributed by atoms with van der Waals surface area (Å²) in [6.45, 7) is 0.239. The third-order valence-corrected chi connectivity index (χ3v) is 6.20. The summed E-state index contributed by atoms with van der Waals surface area (Å²) in [7, 11) is 1.40. The lowest BCUT2D eigenvalue weighted by molar-refractivity contribution is 0.00472. The van der Waals surface area contributed by atoms with Crippen LogP contribution in [0.4, 0.5) is 9.18 Å². The van der Waals surface area contributed by atoms with E-state index >= 15 is 0 Å². The number of hydrogen-bond donors (Lipinski definition) is 0. The summed E-state index contributed by atoms with van der Waals surface area (Å²) in [5.74, 6) is -0.693. The first-order chi connectivity index (χ1) is 14.6. The number of carbonyl (C=O) groups excluding carboxylic acids is 2. The maximum atomic E-state index is 14.1. The fraction of sp³-hybridized carbons (Fsp3) is 0.417. The van der Waals surface area contributed by atoms with Gasteiger partial charge in [-0.05, 0) is 55.9 Å². The van der Waals surface area contributed by atoms with Crippen molar-refractivity contribution in [3.8, 4) is 5.75 Å². The largest absolute Gasteiger partial charge is 0.494 e. The molecule has 6 heteroatoms. The maximum absolute atomic E-state index is 14.1. The fourth-order valence-corrected chi connectivity index (χ4v) is 4.74. The second kappa shape index (κ2) is 8.86. The van der Waals surface area contributed by atoms with E-state index in [0.717, 1.165) is 24.8 Å². The molecular formula is C24H26FNO4. The van der Waals surface area contributed by atoms with E-state index < -0.39 is 5.82 Å². The van der Waals surface area contributed by atoms with E-state index in [9.17, 15) is 14.0 Å². The second-order valence-corrected chi connectivity index (χ2v) is 8.07. The molecule has 0 aliphatic carbocycles. The molecule has 0 spiro atoms. The van der Waals surface area contributed by atoms with Gasteiger partial charge in [-0.25, -0.2) is 9.18 Å². The third kappa shape index (κ3) is 4.18. The van der Waals surface area contributed by atoms with Crippen LogP contribution < -0.4 is 4.74 Å². The van der Waals surface area contributed by atoms with Crippen LogP contribution in [0.2, 0.25) is 0 Å². The smallest absolute Gasteiger partial charge is 0.410 e. The molecule has 2 unspecified atom stereocenters. The maximum Gasteiger partial charge on any atom is 0.410 e. The number of amides is 1. The number of carbonyl (C=O) groups is 2. The molecule has 4 rings (SSSR count). The van der Waals surface area contributed by atoms with Crippen molar-refractivity contribution in [3.63, 3.8) is 0 Å². The number of rotatable bonds is 5. The van der Waals surface area contributed by atoms with Crippen molar-refractivity contribution in [1.29, 1.82) is 0 Å². The van der Waals surface area contributed by atoms with Crippen molar-refractivity contribution in [2.45, 2.75) is 50.8 Å². The Labute approximate surface area is 175 Å². The van der Waals surface area contributed by atoms with Gasteiger partial charge in [0, 0.05) is 23.6 Å². The number of fused-ring (bicyclic) bond motifs is 2. The summed E-state index contributed by atoms with van der Waals surface area (Å²) in [5, 5.41) is 0. The van der Waals surface area contributed by atoms with Gasteiger partial charge in [0.15, 0.2) is 17.3 Å². The van der Waals surface area contributed by atoms with Gasteiger partial charge < -0.3 is 14.4 Å². The number of hydrogen-bond acceptors (Lipinski definition) is 4. The van der Waals surface area contributed by atoms with Crippen LogP contribution in [-0.4, -0.2) is 36.0 Å². The summed E-state index contributed by atoms with van der Waals surface area (Å²) >= 11 is 0. The topological polar surface area (TPSA) is 55.8 Å². The zero-order valence-electron chi connectivity index (χ0n) is 17.1. The van der Waals surface area contributed by atoms with Gasteiger partial charge in [-0.3, -0.25) is 4.79 Å². The highest BCUT2D eigenvalue weighted by molar-refractivity contribution is 5.98. The standard InChI is InChI=1S/C24H26FNO4/c1-29-22-11-10-17(14-21(22)25)23(27)18-12-19-8-5-9-20(13-18)26(19)24(28)30-15-16-6-3-2-4-7-16/h2-4,6-7,10-11,14,18-20H,5,8-9,12-13,15H2,1H3. The van der Waals surface area contributed by atoms with Crippen molar-refractivity contribution in [3.05, 3.63) is 65.5 Å². The minimum atomic E-state index is -0.537. The number of methoxy groups -OCH3 is 1. The van der Waals surface area contributed by atoms with Crippen LogP contribution in [0.1, 0.15) is 48.0 Å². The molecule has 0 saturated carbocycles. The van der Waals surface area contributed by atoms with Gasteiger partial charge in [0.05, 0.1) is 7.11 Å². The van der Waals surface area contributed by atoms with Crippen LogP contribution in [0, 0.1) is 11.7 Å². The van der Waals surface area contributed by atoms with Crippen LogP contribution in [0.25, 0.3) is 0 Å². The van der Waals surface area contributed by atoms with Crippen molar-refractivity contribution in [2.75, 3.05) is 7.11 Å². The number of Topliss-reactive ketones (excluding diaryl/α,β-unsaturated/α-hetero) is 1. The van der Waals surface area contributed by atoms with Gasteiger partial charge in [-0.15, -0.1) is 0 Å². The number of ketones is 1. The predicted octanol–water partition coefficient (Wildman–Crippen LogP) is 4.99. The summed E-state index contributed by atoms with van der Waals surface area (Å²) in [6, 6.07) is 13.9. The lowest BCUT2D eigenvalue weighted by Gasteiger charge is -2.47. The van der Waals surface area contributed by atoms with E-state index in [1.54, 1.807) is 6.07 Å². The Hall–Kier alpha value is -2.89. The molecule has 0 radical (unpaired) electrons. The third-order valence-electron chi connectivity index (χ3n) is 6.20. The van der Waals surface area contributed by atoms with Gasteiger partial charge in [0.25, 0.3) is 0 Å². The molecule has 2 bridgehead atoms. The Morgan fingerprint density at radius 3 is 2.40 bits per heavy atom. The first kappa shape index (κ1) is 20.4. The lowest BCUT2D eigenvalue weighted by atomic mass is 9.76. The Morgan fingerprint density at radius 2 is 1.77 bits per heavy atom. The molecule has 158 valence electrons. The van der Waals surface area contributed by atoms with E-state index in [1.807, 2.05) is 35.2 Å². The van der Waals surface area contributed by atoms with E-state index in [1.165, 1.54) is 19.2 Å². The minimum Gasteiger partial charge on any atom is -0.494 e. The molecule has 2 atom stereocenters. The Bertz CT molecular complexity index is 903. The normalized spacial score (nSPS) is 23.0. The van der Waals surface area contributed by atoms with E-state index in [-0.39, 0.29) is 42.2 Å². The highest BCUT2D eigenvalue weighted by atomic mass is 19.1. The zero-order valence-corrected chi connectivity index (χ0v) is 17.1. The molecule has 2 aromatic carbocycles. The van der Waals surface area contributed by atoms with Gasteiger partial charge in [0.2, 0.25) is 0 Å². The summed E-state index contributed by atoms with van der Waals surface area (Å²) in [4.78, 5) is 27.7. The zero-order chi connectivity index (χ0) is 21.1. The first-order valence-electron chi connectivity index (χ1n) is 10.4. The molecule has 2 aromatic rings. The van der Waals surface area contributed by atoms with Crippen LogP contribution >= 0.6 is 0 Å². The number of ether oxygens (including phenoxy) is 2. The summed E-state index contributed by atoms with van der Waals surface area (Å²) < 4.78 is 24.6. The van der Waals surface area contributed by atoms with E-state index in [2.05, 4.69) is 0 Å². The highest BCUT2D eigenvalue weighted by Crippen LogP contribution is 2.39. The molecule has 2 aliphatic rings. The van der Waals surface area contributed by atoms with Crippen molar-refractivity contribution >= 4 is 11.9 Å². The molecule has 0 N–H and O–H groups in total. The van der Waals surface area contributed by atoms with Crippen molar-refractivity contribution in [2.24, 2.45) is 5.92 Å².